The molecule has 2 aromatic rings. The van der Waals surface area contributed by atoms with Gasteiger partial charge in [0.1, 0.15) is 6.61 Å². The fourth-order valence-electron chi connectivity index (χ4n) is 5.04. The minimum atomic E-state index is -0.548. The normalized spacial score (nSPS) is 19.1. The van der Waals surface area contributed by atoms with Crippen molar-refractivity contribution in [2.75, 3.05) is 7.11 Å². The lowest BCUT2D eigenvalue weighted by Gasteiger charge is -2.39. The Kier molecular flexibility index (Phi) is 7.25. The molecule has 4 rings (SSSR count). The van der Waals surface area contributed by atoms with Crippen LogP contribution in [-0.2, 0) is 20.9 Å². The zero-order chi connectivity index (χ0) is 26.0. The number of rotatable bonds is 7. The predicted molar refractivity (Wildman–Crippen MR) is 139 cm³/mol. The van der Waals surface area contributed by atoms with Crippen LogP contribution in [0.15, 0.2) is 71.1 Å². The van der Waals surface area contributed by atoms with E-state index >= 15 is 0 Å². The summed E-state index contributed by atoms with van der Waals surface area (Å²) in [7, 11) is 1.59. The molecule has 1 aliphatic heterocycles. The van der Waals surface area contributed by atoms with Gasteiger partial charge in [-0.2, -0.15) is 0 Å². The lowest BCUT2D eigenvalue weighted by atomic mass is 9.68. The minimum absolute atomic E-state index is 0.0458. The molecule has 0 fully saturated rings. The molecule has 0 saturated carbocycles. The second-order valence-corrected chi connectivity index (χ2v) is 10.6. The second-order valence-electron chi connectivity index (χ2n) is 10.6. The minimum Gasteiger partial charge on any atom is -0.493 e. The predicted octanol–water partition coefficient (Wildman–Crippen LogP) is 5.83. The quantitative estimate of drug-likeness (QED) is 0.493. The highest BCUT2D eigenvalue weighted by Crippen LogP contribution is 2.48. The maximum Gasteiger partial charge on any atom is 0.337 e. The number of dihydropyridines is 1. The van der Waals surface area contributed by atoms with Gasteiger partial charge >= 0.3 is 5.97 Å². The van der Waals surface area contributed by atoms with E-state index in [1.54, 1.807) is 7.11 Å². The standard InChI is InChI=1S/C30H35NO5/c1-18(2)36-29(33)26-19(3)31-22-15-30(4,5)16-23(32)28(22)27(26)21-12-13-24(25(14-21)34-6)35-17-20-10-8-7-9-11-20/h7-14,18,27,31H,15-17H2,1-6H3. The number of allylic oxidation sites excluding steroid dienone is 3. The Labute approximate surface area is 213 Å². The number of esters is 1. The van der Waals surface area contributed by atoms with E-state index in [2.05, 4.69) is 19.2 Å². The van der Waals surface area contributed by atoms with Crippen LogP contribution in [0.25, 0.3) is 0 Å². The molecule has 6 heteroatoms. The van der Waals surface area contributed by atoms with Crippen LogP contribution in [0, 0.1) is 5.41 Å². The van der Waals surface area contributed by atoms with Gasteiger partial charge in [0.05, 0.1) is 18.8 Å². The smallest absolute Gasteiger partial charge is 0.337 e. The van der Waals surface area contributed by atoms with Gasteiger partial charge in [0.15, 0.2) is 17.3 Å². The maximum atomic E-state index is 13.5. The highest BCUT2D eigenvalue weighted by atomic mass is 16.5. The Morgan fingerprint density at radius 3 is 2.47 bits per heavy atom. The molecule has 0 saturated heterocycles. The van der Waals surface area contributed by atoms with Gasteiger partial charge in [-0.15, -0.1) is 0 Å². The number of Topliss-reactive ketones (excluding diaryl/α,β-unsaturated/α-hetero) is 1. The number of benzene rings is 2. The van der Waals surface area contributed by atoms with E-state index in [4.69, 9.17) is 14.2 Å². The van der Waals surface area contributed by atoms with Crippen LogP contribution in [0.5, 0.6) is 11.5 Å². The molecule has 0 spiro atoms. The first kappa shape index (κ1) is 25.5. The number of nitrogens with one attached hydrogen (secondary N) is 1. The molecule has 0 radical (unpaired) electrons. The van der Waals surface area contributed by atoms with Crippen LogP contribution < -0.4 is 14.8 Å². The molecule has 1 heterocycles. The summed E-state index contributed by atoms with van der Waals surface area (Å²) in [4.78, 5) is 26.8. The largest absolute Gasteiger partial charge is 0.493 e. The third-order valence-corrected chi connectivity index (χ3v) is 6.56. The van der Waals surface area contributed by atoms with E-state index in [1.165, 1.54) is 0 Å². The third kappa shape index (κ3) is 5.32. The summed E-state index contributed by atoms with van der Waals surface area (Å²) in [5.41, 5.74) is 4.35. The van der Waals surface area contributed by atoms with Crippen LogP contribution in [0.2, 0.25) is 0 Å². The van der Waals surface area contributed by atoms with Gasteiger partial charge in [0, 0.05) is 29.3 Å². The van der Waals surface area contributed by atoms with Gasteiger partial charge in [-0.25, -0.2) is 4.79 Å². The number of ketones is 1. The van der Waals surface area contributed by atoms with Crippen molar-refractivity contribution in [2.24, 2.45) is 5.41 Å². The number of carbonyl (C=O) groups excluding carboxylic acids is 2. The van der Waals surface area contributed by atoms with Gasteiger partial charge in [-0.05, 0) is 55.9 Å². The van der Waals surface area contributed by atoms with Crippen LogP contribution in [0.1, 0.15) is 64.5 Å². The van der Waals surface area contributed by atoms with Gasteiger partial charge in [-0.3, -0.25) is 4.79 Å². The molecule has 0 amide bonds. The van der Waals surface area contributed by atoms with Crippen LogP contribution in [-0.4, -0.2) is 25.0 Å². The van der Waals surface area contributed by atoms with Crippen LogP contribution in [0.4, 0.5) is 0 Å². The molecule has 6 nitrogen and oxygen atoms in total. The van der Waals surface area contributed by atoms with Crippen molar-refractivity contribution < 1.29 is 23.8 Å². The summed E-state index contributed by atoms with van der Waals surface area (Å²) in [6, 6.07) is 15.5. The van der Waals surface area contributed by atoms with E-state index in [0.29, 0.717) is 41.4 Å². The first-order valence-electron chi connectivity index (χ1n) is 12.4. The van der Waals surface area contributed by atoms with Gasteiger partial charge in [0.25, 0.3) is 0 Å². The summed E-state index contributed by atoms with van der Waals surface area (Å²) in [6.07, 6.45) is 0.868. The zero-order valence-corrected chi connectivity index (χ0v) is 21.9. The maximum absolute atomic E-state index is 13.5. The van der Waals surface area contributed by atoms with Crippen molar-refractivity contribution in [1.82, 2.24) is 5.32 Å². The second kappa shape index (κ2) is 10.2. The molecule has 1 atom stereocenters. The third-order valence-electron chi connectivity index (χ3n) is 6.56. The number of hydrogen-bond acceptors (Lipinski definition) is 6. The zero-order valence-electron chi connectivity index (χ0n) is 21.9. The number of carbonyl (C=O) groups is 2. The number of methoxy groups -OCH3 is 1. The Balaban J connectivity index is 1.76. The van der Waals surface area contributed by atoms with Crippen molar-refractivity contribution in [3.63, 3.8) is 0 Å². The summed E-state index contributed by atoms with van der Waals surface area (Å²) in [5, 5.41) is 3.37. The summed E-state index contributed by atoms with van der Waals surface area (Å²) >= 11 is 0. The molecule has 1 N–H and O–H groups in total. The Hall–Kier alpha value is -3.54. The van der Waals surface area contributed by atoms with Crippen molar-refractivity contribution >= 4 is 11.8 Å². The summed E-state index contributed by atoms with van der Waals surface area (Å²) in [6.45, 7) is 10.1. The SMILES string of the molecule is COc1cc(C2C(C(=O)OC(C)C)=C(C)NC3=C2C(=O)CC(C)(C)C3)ccc1OCc1ccccc1. The van der Waals surface area contributed by atoms with E-state index in [0.717, 1.165) is 23.2 Å². The highest BCUT2D eigenvalue weighted by molar-refractivity contribution is 6.04. The first-order chi connectivity index (χ1) is 17.1. The topological polar surface area (TPSA) is 73.9 Å². The Morgan fingerprint density at radius 2 is 1.81 bits per heavy atom. The van der Waals surface area contributed by atoms with Gasteiger partial charge in [-0.1, -0.05) is 50.2 Å². The molecule has 190 valence electrons. The molecule has 0 bridgehead atoms. The fraction of sp³-hybridized carbons (Fsp3) is 0.400. The van der Waals surface area contributed by atoms with E-state index < -0.39 is 11.9 Å². The first-order valence-corrected chi connectivity index (χ1v) is 12.4. The number of ether oxygens (including phenoxy) is 3. The van der Waals surface area contributed by atoms with E-state index in [1.807, 2.05) is 69.3 Å². The van der Waals surface area contributed by atoms with Crippen LogP contribution >= 0.6 is 0 Å². The average molecular weight is 490 g/mol. The van der Waals surface area contributed by atoms with Gasteiger partial charge < -0.3 is 19.5 Å². The molecular formula is C30H35NO5. The molecule has 36 heavy (non-hydrogen) atoms. The fourth-order valence-corrected chi connectivity index (χ4v) is 5.04. The van der Waals surface area contributed by atoms with Crippen molar-refractivity contribution in [2.45, 2.75) is 66.1 Å². The molecule has 1 unspecified atom stereocenters. The lowest BCUT2D eigenvalue weighted by molar-refractivity contribution is -0.143. The van der Waals surface area contributed by atoms with Crippen molar-refractivity contribution in [3.8, 4) is 11.5 Å². The molecule has 0 aromatic heterocycles. The van der Waals surface area contributed by atoms with Crippen LogP contribution in [0.3, 0.4) is 0 Å². The summed E-state index contributed by atoms with van der Waals surface area (Å²) < 4.78 is 17.3. The average Bonchev–Trinajstić information content (AvgIpc) is 2.81. The monoisotopic (exact) mass is 489 g/mol. The molecule has 1 aliphatic carbocycles. The molecule has 2 aromatic carbocycles. The van der Waals surface area contributed by atoms with Crippen molar-refractivity contribution in [3.05, 3.63) is 82.2 Å². The number of hydrogen-bond donors (Lipinski definition) is 1. The molecular weight excluding hydrogens is 454 g/mol. The lowest BCUT2D eigenvalue weighted by Crippen LogP contribution is -2.39. The highest BCUT2D eigenvalue weighted by Gasteiger charge is 2.43. The van der Waals surface area contributed by atoms with Gasteiger partial charge in [0.2, 0.25) is 0 Å². The summed E-state index contributed by atoms with van der Waals surface area (Å²) in [5.74, 6) is 0.212. The van der Waals surface area contributed by atoms with E-state index in [-0.39, 0.29) is 17.3 Å². The Morgan fingerprint density at radius 1 is 1.08 bits per heavy atom. The van der Waals surface area contributed by atoms with E-state index in [9.17, 15) is 9.59 Å². The molecule has 2 aliphatic rings. The Bertz CT molecular complexity index is 1220. The van der Waals surface area contributed by atoms with Crippen molar-refractivity contribution in [1.29, 1.82) is 0 Å².